The van der Waals surface area contributed by atoms with Crippen LogP contribution in [0.1, 0.15) is 49.5 Å². The number of para-hydroxylation sites is 1. The van der Waals surface area contributed by atoms with Crippen molar-refractivity contribution in [2.75, 3.05) is 11.2 Å². The maximum Gasteiger partial charge on any atom is 0.275 e. The van der Waals surface area contributed by atoms with Gasteiger partial charge in [0.15, 0.2) is 0 Å². The van der Waals surface area contributed by atoms with Gasteiger partial charge in [-0.05, 0) is 56.4 Å². The molecule has 166 valence electrons. The summed E-state index contributed by atoms with van der Waals surface area (Å²) in [5.74, 6) is -0.206. The molecule has 2 amide bonds. The molecule has 0 unspecified atom stereocenters. The molecule has 3 aromatic rings. The van der Waals surface area contributed by atoms with E-state index >= 15 is 0 Å². The Morgan fingerprint density at radius 1 is 1.06 bits per heavy atom. The zero-order chi connectivity index (χ0) is 22.3. The third-order valence-electron chi connectivity index (χ3n) is 6.93. The van der Waals surface area contributed by atoms with Crippen LogP contribution in [0.25, 0.3) is 10.9 Å². The number of fused-ring (bicyclic) bond motifs is 3. The molecule has 1 aromatic heterocycles. The summed E-state index contributed by atoms with van der Waals surface area (Å²) in [6, 6.07) is 18.1. The fraction of sp³-hybridized carbons (Fsp3) is 0.385. The second-order valence-electron chi connectivity index (χ2n) is 9.10. The summed E-state index contributed by atoms with van der Waals surface area (Å²) in [7, 11) is 0. The van der Waals surface area contributed by atoms with E-state index in [4.69, 9.17) is 0 Å². The molecule has 6 heteroatoms. The van der Waals surface area contributed by atoms with Crippen LogP contribution in [0.15, 0.2) is 59.5 Å². The van der Waals surface area contributed by atoms with E-state index in [-0.39, 0.29) is 17.9 Å². The number of hydrogen-bond acceptors (Lipinski definition) is 3. The van der Waals surface area contributed by atoms with E-state index in [1.54, 1.807) is 16.7 Å². The molecular formula is C26H29N3O2S. The molecule has 1 aliphatic heterocycles. The number of thioether (sulfide) groups is 1. The summed E-state index contributed by atoms with van der Waals surface area (Å²) in [6.45, 7) is 2.33. The molecule has 0 spiro atoms. The van der Waals surface area contributed by atoms with Crippen LogP contribution in [0.2, 0.25) is 0 Å². The Morgan fingerprint density at radius 2 is 1.84 bits per heavy atom. The van der Waals surface area contributed by atoms with E-state index in [9.17, 15) is 9.59 Å². The Kier molecular flexibility index (Phi) is 5.49. The monoisotopic (exact) mass is 447 g/mol. The van der Waals surface area contributed by atoms with Gasteiger partial charge in [-0.15, -0.1) is 11.8 Å². The topological polar surface area (TPSA) is 54.3 Å². The quantitative estimate of drug-likeness (QED) is 0.557. The van der Waals surface area contributed by atoms with Crippen molar-refractivity contribution in [2.24, 2.45) is 0 Å². The van der Waals surface area contributed by atoms with Gasteiger partial charge in [0, 0.05) is 27.5 Å². The van der Waals surface area contributed by atoms with Gasteiger partial charge in [-0.1, -0.05) is 43.5 Å². The van der Waals surface area contributed by atoms with E-state index in [1.807, 2.05) is 72.3 Å². The lowest BCUT2D eigenvalue weighted by atomic mass is 9.91. The van der Waals surface area contributed by atoms with Crippen LogP contribution < -0.4 is 10.2 Å². The van der Waals surface area contributed by atoms with Gasteiger partial charge >= 0.3 is 0 Å². The number of aromatic nitrogens is 1. The summed E-state index contributed by atoms with van der Waals surface area (Å²) < 4.78 is 2.02. The first-order chi connectivity index (χ1) is 15.5. The van der Waals surface area contributed by atoms with Crippen molar-refractivity contribution in [3.8, 4) is 0 Å². The molecule has 2 heterocycles. The Labute approximate surface area is 193 Å². The van der Waals surface area contributed by atoms with Gasteiger partial charge < -0.3 is 9.88 Å². The highest BCUT2D eigenvalue weighted by molar-refractivity contribution is 7.98. The van der Waals surface area contributed by atoms with E-state index in [0.717, 1.165) is 47.2 Å². The van der Waals surface area contributed by atoms with Gasteiger partial charge in [0.05, 0.1) is 6.54 Å². The van der Waals surface area contributed by atoms with Gasteiger partial charge in [0.1, 0.15) is 11.2 Å². The predicted molar refractivity (Wildman–Crippen MR) is 130 cm³/mol. The molecule has 1 fully saturated rings. The number of anilines is 1. The zero-order valence-corrected chi connectivity index (χ0v) is 19.5. The van der Waals surface area contributed by atoms with Crippen LogP contribution in [-0.2, 0) is 11.3 Å². The highest BCUT2D eigenvalue weighted by atomic mass is 32.2. The molecule has 1 saturated carbocycles. The average molecular weight is 448 g/mol. The number of rotatable bonds is 4. The summed E-state index contributed by atoms with van der Waals surface area (Å²) in [5, 5.41) is 4.32. The van der Waals surface area contributed by atoms with Crippen molar-refractivity contribution < 1.29 is 9.59 Å². The second-order valence-corrected chi connectivity index (χ2v) is 9.98. The SMILES string of the molecule is CSc1cccc(N2C(=O)c3cc4ccccc4n3C[C@@]2(C)C(=O)NC2CCCCC2)c1. The minimum Gasteiger partial charge on any atom is -0.351 e. The second kappa shape index (κ2) is 8.32. The maximum atomic E-state index is 13.9. The average Bonchev–Trinajstić information content (AvgIpc) is 3.18. The molecular weight excluding hydrogens is 418 g/mol. The van der Waals surface area contributed by atoms with Crippen molar-refractivity contribution in [3.05, 3.63) is 60.3 Å². The standard InChI is InChI=1S/C26H29N3O2S/c1-26(25(31)27-19-10-4-3-5-11-19)17-28-22-14-7-6-9-18(22)15-23(28)24(30)29(26)20-12-8-13-21(16-20)32-2/h6-9,12-16,19H,3-5,10-11,17H2,1-2H3,(H,27,31)/t26-/m0/s1. The van der Waals surface area contributed by atoms with E-state index < -0.39 is 5.54 Å². The molecule has 1 N–H and O–H groups in total. The van der Waals surface area contributed by atoms with Crippen molar-refractivity contribution in [1.29, 1.82) is 0 Å². The van der Waals surface area contributed by atoms with Crippen molar-refractivity contribution in [1.82, 2.24) is 9.88 Å². The summed E-state index contributed by atoms with van der Waals surface area (Å²) in [6.07, 6.45) is 7.56. The Morgan fingerprint density at radius 3 is 2.62 bits per heavy atom. The number of nitrogens with zero attached hydrogens (tertiary/aromatic N) is 2. The Balaban J connectivity index is 1.62. The normalized spacial score (nSPS) is 21.6. The molecule has 0 radical (unpaired) electrons. The zero-order valence-electron chi connectivity index (χ0n) is 18.6. The van der Waals surface area contributed by atoms with Gasteiger partial charge in [-0.25, -0.2) is 0 Å². The largest absolute Gasteiger partial charge is 0.351 e. The molecule has 5 nitrogen and oxygen atoms in total. The summed E-state index contributed by atoms with van der Waals surface area (Å²) in [5.41, 5.74) is 1.36. The van der Waals surface area contributed by atoms with Crippen LogP contribution in [-0.4, -0.2) is 34.2 Å². The molecule has 2 aliphatic rings. The van der Waals surface area contributed by atoms with Gasteiger partial charge in [0.2, 0.25) is 5.91 Å². The first kappa shape index (κ1) is 21.1. The number of nitrogens with one attached hydrogen (secondary N) is 1. The van der Waals surface area contributed by atoms with Gasteiger partial charge in [0.25, 0.3) is 5.91 Å². The van der Waals surface area contributed by atoms with Crippen LogP contribution in [0.5, 0.6) is 0 Å². The fourth-order valence-electron chi connectivity index (χ4n) is 5.19. The first-order valence-corrected chi connectivity index (χ1v) is 12.6. The molecule has 2 aromatic carbocycles. The highest BCUT2D eigenvalue weighted by Crippen LogP contribution is 2.37. The Hall–Kier alpha value is -2.73. The van der Waals surface area contributed by atoms with Crippen molar-refractivity contribution in [3.63, 3.8) is 0 Å². The van der Waals surface area contributed by atoms with Crippen LogP contribution in [0.3, 0.4) is 0 Å². The first-order valence-electron chi connectivity index (χ1n) is 11.4. The molecule has 32 heavy (non-hydrogen) atoms. The smallest absolute Gasteiger partial charge is 0.275 e. The van der Waals surface area contributed by atoms with Crippen LogP contribution >= 0.6 is 11.8 Å². The van der Waals surface area contributed by atoms with E-state index in [0.29, 0.717) is 12.2 Å². The van der Waals surface area contributed by atoms with Crippen LogP contribution in [0, 0.1) is 0 Å². The molecule has 0 bridgehead atoms. The van der Waals surface area contributed by atoms with Crippen molar-refractivity contribution in [2.45, 2.75) is 62.0 Å². The van der Waals surface area contributed by atoms with Gasteiger partial charge in [-0.2, -0.15) is 0 Å². The van der Waals surface area contributed by atoms with Gasteiger partial charge in [-0.3, -0.25) is 14.5 Å². The molecule has 1 atom stereocenters. The third-order valence-corrected chi connectivity index (χ3v) is 7.66. The lowest BCUT2D eigenvalue weighted by molar-refractivity contribution is -0.127. The number of carbonyl (C=O) groups excluding carboxylic acids is 2. The highest BCUT2D eigenvalue weighted by Gasteiger charge is 2.49. The molecule has 0 saturated heterocycles. The Bertz CT molecular complexity index is 1180. The van der Waals surface area contributed by atoms with E-state index in [1.165, 1.54) is 6.42 Å². The summed E-state index contributed by atoms with van der Waals surface area (Å²) in [4.78, 5) is 30.5. The number of amides is 2. The number of hydrogen-bond donors (Lipinski definition) is 1. The predicted octanol–water partition coefficient (Wildman–Crippen LogP) is 5.23. The number of benzene rings is 2. The fourth-order valence-corrected chi connectivity index (χ4v) is 5.64. The third kappa shape index (κ3) is 3.51. The lowest BCUT2D eigenvalue weighted by Gasteiger charge is -2.44. The lowest BCUT2D eigenvalue weighted by Crippen LogP contribution is -2.65. The maximum absolute atomic E-state index is 13.9. The molecule has 1 aliphatic carbocycles. The van der Waals surface area contributed by atoms with Crippen molar-refractivity contribution >= 4 is 40.2 Å². The summed E-state index contributed by atoms with van der Waals surface area (Å²) >= 11 is 1.63. The minimum atomic E-state index is -1.03. The van der Waals surface area contributed by atoms with Crippen LogP contribution in [0.4, 0.5) is 5.69 Å². The van der Waals surface area contributed by atoms with E-state index in [2.05, 4.69) is 5.32 Å². The minimum absolute atomic E-state index is 0.0734. The molecule has 5 rings (SSSR count). The number of carbonyl (C=O) groups is 2.